The molecule has 12 rings (SSSR count). The SMILES string of the molecule is c1ccc(-c2cccc(N(c3ccccc3)c3cccc4sc5cc(-c6ccc7c(c6)sc6cccc(-c8ccc9oc%10ccccc%10c9c8)c67)ccc5c34)c2)cc1. The minimum absolute atomic E-state index is 0.922. The molecule has 9 aromatic carbocycles. The highest BCUT2D eigenvalue weighted by Crippen LogP contribution is 2.47. The Hall–Kier alpha value is -6.98. The average Bonchev–Trinajstić information content (AvgIpc) is 3.98. The maximum Gasteiger partial charge on any atom is 0.135 e. The maximum atomic E-state index is 6.16. The van der Waals surface area contributed by atoms with Gasteiger partial charge in [-0.15, -0.1) is 22.7 Å². The van der Waals surface area contributed by atoms with Crippen molar-refractivity contribution >= 4 is 102 Å². The summed E-state index contributed by atoms with van der Waals surface area (Å²) >= 11 is 3.74. The molecule has 0 N–H and O–H groups in total. The van der Waals surface area contributed by atoms with Crippen molar-refractivity contribution in [3.63, 3.8) is 0 Å². The normalized spacial score (nSPS) is 11.8. The number of rotatable bonds is 6. The molecule has 0 unspecified atom stereocenters. The van der Waals surface area contributed by atoms with E-state index in [9.17, 15) is 0 Å². The Balaban J connectivity index is 0.957. The molecule has 12 aromatic rings. The molecule has 3 aromatic heterocycles. The smallest absolute Gasteiger partial charge is 0.135 e. The zero-order chi connectivity index (χ0) is 38.2. The van der Waals surface area contributed by atoms with E-state index in [0.717, 1.165) is 33.3 Å². The van der Waals surface area contributed by atoms with Gasteiger partial charge in [0.05, 0.1) is 5.69 Å². The van der Waals surface area contributed by atoms with E-state index in [1.807, 2.05) is 34.8 Å². The summed E-state index contributed by atoms with van der Waals surface area (Å²) < 4.78 is 11.3. The molecule has 0 saturated heterocycles. The van der Waals surface area contributed by atoms with E-state index in [1.165, 1.54) is 79.4 Å². The van der Waals surface area contributed by atoms with Crippen molar-refractivity contribution in [3.8, 4) is 33.4 Å². The maximum absolute atomic E-state index is 6.16. The van der Waals surface area contributed by atoms with Gasteiger partial charge in [-0.1, -0.05) is 127 Å². The molecular weight excluding hydrogens is 743 g/mol. The molecule has 0 amide bonds. The molecule has 0 atom stereocenters. The lowest BCUT2D eigenvalue weighted by molar-refractivity contribution is 0.669. The van der Waals surface area contributed by atoms with Gasteiger partial charge in [-0.05, 0) is 106 Å². The Bertz CT molecular complexity index is 3520. The first-order valence-electron chi connectivity index (χ1n) is 19.6. The van der Waals surface area contributed by atoms with Crippen LogP contribution in [0, 0.1) is 0 Å². The van der Waals surface area contributed by atoms with Crippen LogP contribution in [0.1, 0.15) is 0 Å². The molecule has 0 aliphatic carbocycles. The third kappa shape index (κ3) is 5.37. The van der Waals surface area contributed by atoms with Crippen molar-refractivity contribution in [1.82, 2.24) is 0 Å². The van der Waals surface area contributed by atoms with Crippen molar-refractivity contribution in [2.24, 2.45) is 0 Å². The molecule has 2 nitrogen and oxygen atoms in total. The van der Waals surface area contributed by atoms with Crippen LogP contribution in [-0.2, 0) is 0 Å². The fourth-order valence-corrected chi connectivity index (χ4v) is 11.1. The molecule has 0 bridgehead atoms. The van der Waals surface area contributed by atoms with Crippen molar-refractivity contribution in [3.05, 3.63) is 200 Å². The second-order valence-corrected chi connectivity index (χ2v) is 17.0. The first kappa shape index (κ1) is 33.2. The van der Waals surface area contributed by atoms with Gasteiger partial charge in [-0.3, -0.25) is 0 Å². The zero-order valence-corrected chi connectivity index (χ0v) is 32.9. The molecule has 0 fully saturated rings. The minimum atomic E-state index is 0.922. The Kier molecular flexibility index (Phi) is 7.62. The lowest BCUT2D eigenvalue weighted by atomic mass is 9.97. The Labute approximate surface area is 343 Å². The predicted octanol–water partition coefficient (Wildman–Crippen LogP) is 16.8. The number of furan rings is 1. The highest BCUT2D eigenvalue weighted by atomic mass is 32.1. The van der Waals surface area contributed by atoms with Gasteiger partial charge >= 0.3 is 0 Å². The predicted molar refractivity (Wildman–Crippen MR) is 250 cm³/mol. The van der Waals surface area contributed by atoms with E-state index in [1.54, 1.807) is 0 Å². The lowest BCUT2D eigenvalue weighted by Crippen LogP contribution is -2.10. The summed E-state index contributed by atoms with van der Waals surface area (Å²) in [5.74, 6) is 0. The number of fused-ring (bicyclic) bond motifs is 9. The molecule has 58 heavy (non-hydrogen) atoms. The number of anilines is 3. The third-order valence-electron chi connectivity index (χ3n) is 11.5. The molecule has 0 aliphatic heterocycles. The van der Waals surface area contributed by atoms with Crippen molar-refractivity contribution in [2.45, 2.75) is 0 Å². The fraction of sp³-hybridized carbons (Fsp3) is 0. The van der Waals surface area contributed by atoms with E-state index >= 15 is 0 Å². The van der Waals surface area contributed by atoms with Crippen molar-refractivity contribution in [1.29, 1.82) is 0 Å². The summed E-state index contributed by atoms with van der Waals surface area (Å²) in [6, 6.07) is 72.6. The van der Waals surface area contributed by atoms with Crippen molar-refractivity contribution in [2.75, 3.05) is 4.90 Å². The highest BCUT2D eigenvalue weighted by Gasteiger charge is 2.20. The summed E-state index contributed by atoms with van der Waals surface area (Å²) in [5, 5.41) is 7.46. The van der Waals surface area contributed by atoms with Crippen LogP contribution in [0.5, 0.6) is 0 Å². The van der Waals surface area contributed by atoms with E-state index in [4.69, 9.17) is 4.42 Å². The molecule has 0 spiro atoms. The number of benzene rings is 9. The van der Waals surface area contributed by atoms with E-state index in [2.05, 4.69) is 193 Å². The van der Waals surface area contributed by atoms with E-state index in [0.29, 0.717) is 0 Å². The zero-order valence-electron chi connectivity index (χ0n) is 31.2. The third-order valence-corrected chi connectivity index (χ3v) is 13.7. The Morgan fingerprint density at radius 2 is 0.914 bits per heavy atom. The van der Waals surface area contributed by atoms with Gasteiger partial charge < -0.3 is 9.32 Å². The Morgan fingerprint density at radius 1 is 0.328 bits per heavy atom. The monoisotopic (exact) mass is 775 g/mol. The van der Waals surface area contributed by atoms with Gasteiger partial charge in [0.1, 0.15) is 11.2 Å². The van der Waals surface area contributed by atoms with Crippen LogP contribution >= 0.6 is 22.7 Å². The van der Waals surface area contributed by atoms with Crippen LogP contribution in [-0.4, -0.2) is 0 Å². The van der Waals surface area contributed by atoms with Gasteiger partial charge in [-0.25, -0.2) is 0 Å². The summed E-state index contributed by atoms with van der Waals surface area (Å²) in [6.45, 7) is 0. The standard InChI is InChI=1S/C54H33NOS2/c1-3-12-34(13-4-1)35-14-9-17-40(30-35)55(39-15-5-2-6-16-39)46-20-11-23-50-54(46)44-28-25-37(33-52(44)58-50)36-24-27-43-51(32-36)57-49-22-10-19-41(53(43)49)38-26-29-48-45(31-38)42-18-7-8-21-47(42)56-48/h1-33H. The number of hydrogen-bond acceptors (Lipinski definition) is 4. The second kappa shape index (κ2) is 13.3. The van der Waals surface area contributed by atoms with Crippen LogP contribution in [0.4, 0.5) is 17.1 Å². The van der Waals surface area contributed by atoms with Crippen LogP contribution in [0.2, 0.25) is 0 Å². The van der Waals surface area contributed by atoms with Gasteiger partial charge in [0.2, 0.25) is 0 Å². The van der Waals surface area contributed by atoms with Gasteiger partial charge in [0.25, 0.3) is 0 Å². The van der Waals surface area contributed by atoms with Gasteiger partial charge in [0.15, 0.2) is 0 Å². The second-order valence-electron chi connectivity index (χ2n) is 14.9. The van der Waals surface area contributed by atoms with Crippen molar-refractivity contribution < 1.29 is 4.42 Å². The average molecular weight is 776 g/mol. The summed E-state index contributed by atoms with van der Waals surface area (Å²) in [5.41, 5.74) is 12.6. The van der Waals surface area contributed by atoms with Gasteiger partial charge in [0, 0.05) is 62.5 Å². The molecule has 0 aliphatic rings. The summed E-state index contributed by atoms with van der Waals surface area (Å²) in [6.07, 6.45) is 0. The molecular formula is C54H33NOS2. The quantitative estimate of drug-likeness (QED) is 0.167. The molecule has 0 saturated carbocycles. The topological polar surface area (TPSA) is 16.4 Å². The molecule has 272 valence electrons. The number of thiophene rings is 2. The lowest BCUT2D eigenvalue weighted by Gasteiger charge is -2.27. The molecule has 4 heteroatoms. The summed E-state index contributed by atoms with van der Waals surface area (Å²) in [4.78, 5) is 2.41. The molecule has 3 heterocycles. The summed E-state index contributed by atoms with van der Waals surface area (Å²) in [7, 11) is 0. The van der Waals surface area contributed by atoms with Crippen LogP contribution in [0.3, 0.4) is 0 Å². The number of hydrogen-bond donors (Lipinski definition) is 0. The molecule has 0 radical (unpaired) electrons. The van der Waals surface area contributed by atoms with Gasteiger partial charge in [-0.2, -0.15) is 0 Å². The Morgan fingerprint density at radius 3 is 1.71 bits per heavy atom. The van der Waals surface area contributed by atoms with Crippen LogP contribution in [0.25, 0.3) is 95.7 Å². The first-order chi connectivity index (χ1) is 28.7. The van der Waals surface area contributed by atoms with Crippen LogP contribution < -0.4 is 4.90 Å². The van der Waals surface area contributed by atoms with E-state index in [-0.39, 0.29) is 0 Å². The van der Waals surface area contributed by atoms with Crippen LogP contribution in [0.15, 0.2) is 205 Å². The number of para-hydroxylation sites is 2. The highest BCUT2D eigenvalue weighted by molar-refractivity contribution is 7.26. The first-order valence-corrected chi connectivity index (χ1v) is 21.2. The minimum Gasteiger partial charge on any atom is -0.456 e. The number of nitrogens with zero attached hydrogens (tertiary/aromatic N) is 1. The fourth-order valence-electron chi connectivity index (χ4n) is 8.77. The largest absolute Gasteiger partial charge is 0.456 e. The van der Waals surface area contributed by atoms with E-state index < -0.39 is 0 Å².